The molecule has 1 unspecified atom stereocenters. The maximum Gasteiger partial charge on any atom is 0.0370 e. The molecule has 94 valence electrons. The summed E-state index contributed by atoms with van der Waals surface area (Å²) in [6.07, 6.45) is 4.63. The van der Waals surface area contributed by atoms with Crippen LogP contribution in [0.25, 0.3) is 0 Å². The zero-order valence-corrected chi connectivity index (χ0v) is 13.8. The van der Waals surface area contributed by atoms with Crippen LogP contribution in [0.2, 0.25) is 0 Å². The lowest BCUT2D eigenvalue weighted by atomic mass is 10.00. The van der Waals surface area contributed by atoms with E-state index in [4.69, 9.17) is 0 Å². The van der Waals surface area contributed by atoms with E-state index in [1.165, 1.54) is 14.7 Å². The highest BCUT2D eigenvalue weighted by Crippen LogP contribution is 2.27. The summed E-state index contributed by atoms with van der Waals surface area (Å²) in [5.74, 6) is 0. The van der Waals surface area contributed by atoms with Gasteiger partial charge in [0.2, 0.25) is 0 Å². The molecule has 1 aromatic heterocycles. The maximum absolute atomic E-state index is 4.05. The first-order valence-corrected chi connectivity index (χ1v) is 7.59. The number of aromatic nitrogens is 1. The minimum Gasteiger partial charge on any atom is -0.313 e. The maximum atomic E-state index is 4.05. The molecule has 0 saturated carbocycles. The number of hydrogen-bond acceptors (Lipinski definition) is 2. The van der Waals surface area contributed by atoms with Crippen molar-refractivity contribution in [3.63, 3.8) is 0 Å². The summed E-state index contributed by atoms with van der Waals surface area (Å²) in [5, 5.41) is 3.38. The van der Waals surface area contributed by atoms with Gasteiger partial charge in [0.05, 0.1) is 0 Å². The van der Waals surface area contributed by atoms with E-state index in [0.717, 1.165) is 10.9 Å². The van der Waals surface area contributed by atoms with Crippen LogP contribution in [0.5, 0.6) is 0 Å². The summed E-state index contributed by atoms with van der Waals surface area (Å²) in [7, 11) is 2.00. The zero-order valence-electron chi connectivity index (χ0n) is 10.0. The van der Waals surface area contributed by atoms with E-state index in [9.17, 15) is 0 Å². The molecule has 1 atom stereocenters. The minimum atomic E-state index is 0.302. The number of benzene rings is 1. The Kier molecular flexibility index (Phi) is 5.14. The van der Waals surface area contributed by atoms with Gasteiger partial charge in [0.1, 0.15) is 0 Å². The second kappa shape index (κ2) is 6.63. The molecule has 0 amide bonds. The molecule has 4 heteroatoms. The van der Waals surface area contributed by atoms with Crippen molar-refractivity contribution in [2.24, 2.45) is 0 Å². The van der Waals surface area contributed by atoms with Crippen molar-refractivity contribution >= 4 is 38.5 Å². The minimum absolute atomic E-state index is 0.302. The van der Waals surface area contributed by atoms with Crippen LogP contribution in [-0.4, -0.2) is 12.0 Å². The molecule has 0 saturated heterocycles. The van der Waals surface area contributed by atoms with Gasteiger partial charge in [0.25, 0.3) is 0 Å². The molecule has 2 aromatic rings. The Morgan fingerprint density at radius 2 is 2.00 bits per heavy atom. The molecule has 0 aliphatic heterocycles. The summed E-state index contributed by atoms with van der Waals surface area (Å²) >= 11 is 5.97. The average molecular weight is 417 g/mol. The lowest BCUT2D eigenvalue weighted by Gasteiger charge is -2.18. The van der Waals surface area contributed by atoms with Gasteiger partial charge in [-0.25, -0.2) is 0 Å². The summed E-state index contributed by atoms with van der Waals surface area (Å²) in [4.78, 5) is 4.05. The average Bonchev–Trinajstić information content (AvgIpc) is 2.40. The van der Waals surface area contributed by atoms with E-state index in [1.54, 1.807) is 0 Å². The van der Waals surface area contributed by atoms with Crippen molar-refractivity contribution < 1.29 is 0 Å². The molecular weight excluding hydrogens is 403 g/mol. The number of rotatable bonds is 4. The van der Waals surface area contributed by atoms with E-state index in [2.05, 4.69) is 79.2 Å². The first-order chi connectivity index (χ1) is 8.70. The molecule has 0 spiro atoms. The van der Waals surface area contributed by atoms with Gasteiger partial charge in [0.15, 0.2) is 0 Å². The van der Waals surface area contributed by atoms with Crippen molar-refractivity contribution in [2.45, 2.75) is 12.5 Å². The van der Waals surface area contributed by atoms with Crippen LogP contribution in [0.15, 0.2) is 47.2 Å². The summed E-state index contributed by atoms with van der Waals surface area (Å²) in [6.45, 7) is 0. The van der Waals surface area contributed by atoms with E-state index < -0.39 is 0 Å². The van der Waals surface area contributed by atoms with Gasteiger partial charge in [-0.2, -0.15) is 0 Å². The lowest BCUT2D eigenvalue weighted by Crippen LogP contribution is -2.19. The Hall–Kier alpha value is -0.460. The SMILES string of the molecule is CNC(Cc1ccncc1)c1cc(I)ccc1Br. The number of hydrogen-bond donors (Lipinski definition) is 1. The van der Waals surface area contributed by atoms with E-state index in [-0.39, 0.29) is 0 Å². The third kappa shape index (κ3) is 3.52. The molecule has 0 fully saturated rings. The number of halogens is 2. The van der Waals surface area contributed by atoms with Gasteiger partial charge in [0, 0.05) is 26.5 Å². The highest BCUT2D eigenvalue weighted by Gasteiger charge is 2.13. The fourth-order valence-corrected chi connectivity index (χ4v) is 2.94. The third-order valence-electron chi connectivity index (χ3n) is 2.87. The molecule has 1 N–H and O–H groups in total. The van der Waals surface area contributed by atoms with Gasteiger partial charge in [-0.1, -0.05) is 15.9 Å². The van der Waals surface area contributed by atoms with Gasteiger partial charge < -0.3 is 5.32 Å². The van der Waals surface area contributed by atoms with Crippen LogP contribution in [-0.2, 0) is 6.42 Å². The summed E-state index contributed by atoms with van der Waals surface area (Å²) in [5.41, 5.74) is 2.58. The van der Waals surface area contributed by atoms with Crippen molar-refractivity contribution in [3.8, 4) is 0 Å². The summed E-state index contributed by atoms with van der Waals surface area (Å²) in [6, 6.07) is 10.9. The van der Waals surface area contributed by atoms with Crippen LogP contribution in [0.4, 0.5) is 0 Å². The molecule has 2 rings (SSSR count). The van der Waals surface area contributed by atoms with Crippen LogP contribution >= 0.6 is 38.5 Å². The van der Waals surface area contributed by atoms with E-state index >= 15 is 0 Å². The van der Waals surface area contributed by atoms with Crippen LogP contribution in [0.1, 0.15) is 17.2 Å². The number of pyridine rings is 1. The lowest BCUT2D eigenvalue weighted by molar-refractivity contribution is 0.589. The fraction of sp³-hybridized carbons (Fsp3) is 0.214. The first-order valence-electron chi connectivity index (χ1n) is 5.72. The normalized spacial score (nSPS) is 12.4. The Bertz CT molecular complexity index is 516. The molecule has 1 aromatic carbocycles. The van der Waals surface area contributed by atoms with Crippen molar-refractivity contribution in [2.75, 3.05) is 7.05 Å². The second-order valence-electron chi connectivity index (χ2n) is 4.07. The predicted octanol–water partition coefficient (Wildman–Crippen LogP) is 3.95. The number of likely N-dealkylation sites (N-methyl/N-ethyl adjacent to an activating group) is 1. The van der Waals surface area contributed by atoms with Gasteiger partial charge >= 0.3 is 0 Å². The Labute approximate surface area is 129 Å². The first kappa shape index (κ1) is 14.0. The van der Waals surface area contributed by atoms with Crippen molar-refractivity contribution in [3.05, 3.63) is 61.9 Å². The zero-order chi connectivity index (χ0) is 13.0. The van der Waals surface area contributed by atoms with Crippen LogP contribution in [0, 0.1) is 3.57 Å². The molecule has 0 aliphatic rings. The smallest absolute Gasteiger partial charge is 0.0370 e. The second-order valence-corrected chi connectivity index (χ2v) is 6.17. The molecular formula is C14H14BrIN2. The molecule has 0 radical (unpaired) electrons. The molecule has 0 bridgehead atoms. The molecule has 1 heterocycles. The highest BCUT2D eigenvalue weighted by atomic mass is 127. The van der Waals surface area contributed by atoms with Crippen molar-refractivity contribution in [1.29, 1.82) is 0 Å². The standard InChI is InChI=1S/C14H14BrIN2/c1-17-14(8-10-4-6-18-7-5-10)12-9-11(16)2-3-13(12)15/h2-7,9,14,17H,8H2,1H3. The Balaban J connectivity index is 2.26. The van der Waals surface area contributed by atoms with E-state index in [0.29, 0.717) is 6.04 Å². The van der Waals surface area contributed by atoms with Gasteiger partial charge in [-0.15, -0.1) is 0 Å². The molecule has 2 nitrogen and oxygen atoms in total. The monoisotopic (exact) mass is 416 g/mol. The molecule has 18 heavy (non-hydrogen) atoms. The largest absolute Gasteiger partial charge is 0.313 e. The fourth-order valence-electron chi connectivity index (χ4n) is 1.90. The third-order valence-corrected chi connectivity index (χ3v) is 4.26. The summed E-state index contributed by atoms with van der Waals surface area (Å²) < 4.78 is 2.40. The van der Waals surface area contributed by atoms with E-state index in [1.807, 2.05) is 19.4 Å². The Morgan fingerprint density at radius 3 is 2.67 bits per heavy atom. The topological polar surface area (TPSA) is 24.9 Å². The van der Waals surface area contributed by atoms with Gasteiger partial charge in [-0.05, 0) is 77.5 Å². The van der Waals surface area contributed by atoms with Crippen LogP contribution in [0.3, 0.4) is 0 Å². The molecule has 0 aliphatic carbocycles. The van der Waals surface area contributed by atoms with Crippen molar-refractivity contribution in [1.82, 2.24) is 10.3 Å². The number of nitrogens with zero attached hydrogens (tertiary/aromatic N) is 1. The Morgan fingerprint density at radius 1 is 1.28 bits per heavy atom. The van der Waals surface area contributed by atoms with Crippen LogP contribution < -0.4 is 5.32 Å². The highest BCUT2D eigenvalue weighted by molar-refractivity contribution is 14.1. The number of nitrogens with one attached hydrogen (secondary N) is 1. The van der Waals surface area contributed by atoms with Gasteiger partial charge in [-0.3, -0.25) is 4.98 Å². The predicted molar refractivity (Wildman–Crippen MR) is 86.6 cm³/mol. The quantitative estimate of drug-likeness (QED) is 0.763.